The number of carbonyl (C=O) groups excluding carboxylic acids is 1. The van der Waals surface area contributed by atoms with Gasteiger partial charge in [0.25, 0.3) is 5.91 Å². The first-order valence-corrected chi connectivity index (χ1v) is 5.55. The van der Waals surface area contributed by atoms with Crippen molar-refractivity contribution in [2.24, 2.45) is 0 Å². The van der Waals surface area contributed by atoms with Crippen molar-refractivity contribution in [2.45, 2.75) is 19.4 Å². The summed E-state index contributed by atoms with van der Waals surface area (Å²) in [5.74, 6) is 0.0622. The van der Waals surface area contributed by atoms with Crippen LogP contribution in [0.5, 0.6) is 0 Å². The van der Waals surface area contributed by atoms with Gasteiger partial charge in [0.05, 0.1) is 12.8 Å². The van der Waals surface area contributed by atoms with E-state index in [1.807, 2.05) is 6.92 Å². The fourth-order valence-electron chi connectivity index (χ4n) is 1.55. The molecule has 3 N–H and O–H groups in total. The maximum atomic E-state index is 11.7. The first kappa shape index (κ1) is 12.4. The van der Waals surface area contributed by atoms with Crippen LogP contribution >= 0.6 is 0 Å². The van der Waals surface area contributed by atoms with Crippen molar-refractivity contribution < 1.29 is 14.3 Å². The van der Waals surface area contributed by atoms with Crippen molar-refractivity contribution in [1.29, 1.82) is 0 Å². The van der Waals surface area contributed by atoms with Gasteiger partial charge in [0, 0.05) is 5.69 Å². The van der Waals surface area contributed by atoms with E-state index in [1.165, 1.54) is 6.26 Å². The topological polar surface area (TPSA) is 91.2 Å². The molecule has 1 amide bonds. The predicted octanol–water partition coefficient (Wildman–Crippen LogP) is 0.949. The van der Waals surface area contributed by atoms with Crippen molar-refractivity contribution in [3.8, 4) is 0 Å². The molecule has 0 bridgehead atoms. The van der Waals surface area contributed by atoms with Crippen molar-refractivity contribution >= 4 is 5.91 Å². The Balaban J connectivity index is 1.98. The summed E-state index contributed by atoms with van der Waals surface area (Å²) in [6.07, 6.45) is 1.47. The summed E-state index contributed by atoms with van der Waals surface area (Å²) in [6.45, 7) is 3.43. The quantitative estimate of drug-likeness (QED) is 0.752. The lowest BCUT2D eigenvalue weighted by Crippen LogP contribution is -2.38. The Morgan fingerprint density at radius 1 is 1.67 bits per heavy atom. The third-order valence-electron chi connectivity index (χ3n) is 2.58. The Morgan fingerprint density at radius 3 is 3.00 bits per heavy atom. The Kier molecular flexibility index (Phi) is 3.20. The molecule has 0 aromatic carbocycles. The molecule has 2 rings (SSSR count). The molecule has 1 unspecified atom stereocenters. The number of aryl methyl sites for hydroxylation is 1. The Hall–Kier alpha value is -2.08. The van der Waals surface area contributed by atoms with Crippen LogP contribution in [-0.2, 0) is 5.60 Å². The summed E-state index contributed by atoms with van der Waals surface area (Å²) in [6, 6.07) is 4.98. The van der Waals surface area contributed by atoms with E-state index in [4.69, 9.17) is 4.42 Å². The smallest absolute Gasteiger partial charge is 0.271 e. The molecule has 2 aromatic rings. The zero-order valence-corrected chi connectivity index (χ0v) is 10.2. The van der Waals surface area contributed by atoms with Crippen molar-refractivity contribution in [2.75, 3.05) is 6.54 Å². The molecular formula is C12H15N3O3. The molecule has 0 saturated heterocycles. The summed E-state index contributed by atoms with van der Waals surface area (Å²) in [5, 5.41) is 19.3. The van der Waals surface area contributed by atoms with E-state index in [2.05, 4.69) is 15.5 Å². The van der Waals surface area contributed by atoms with Crippen LogP contribution in [0.4, 0.5) is 0 Å². The number of aliphatic hydroxyl groups is 1. The summed E-state index contributed by atoms with van der Waals surface area (Å²) in [4.78, 5) is 11.7. The molecule has 18 heavy (non-hydrogen) atoms. The number of H-pyrrole nitrogens is 1. The zero-order valence-electron chi connectivity index (χ0n) is 10.2. The maximum Gasteiger partial charge on any atom is 0.271 e. The van der Waals surface area contributed by atoms with Crippen LogP contribution in [0.1, 0.15) is 28.9 Å². The number of aromatic amines is 1. The molecule has 0 radical (unpaired) electrons. The van der Waals surface area contributed by atoms with Crippen LogP contribution < -0.4 is 5.32 Å². The van der Waals surface area contributed by atoms with Gasteiger partial charge in [-0.25, -0.2) is 0 Å². The van der Waals surface area contributed by atoms with E-state index < -0.39 is 5.60 Å². The minimum Gasteiger partial charge on any atom is -0.466 e. The largest absolute Gasteiger partial charge is 0.466 e. The molecule has 0 fully saturated rings. The van der Waals surface area contributed by atoms with E-state index in [0.29, 0.717) is 11.5 Å². The summed E-state index contributed by atoms with van der Waals surface area (Å²) < 4.78 is 5.12. The van der Waals surface area contributed by atoms with E-state index in [9.17, 15) is 9.90 Å². The Bertz CT molecular complexity index is 529. The number of nitrogens with zero attached hydrogens (tertiary/aromatic N) is 1. The molecule has 0 aliphatic heterocycles. The second-order valence-electron chi connectivity index (χ2n) is 4.37. The second-order valence-corrected chi connectivity index (χ2v) is 4.37. The van der Waals surface area contributed by atoms with Gasteiger partial charge >= 0.3 is 0 Å². The number of nitrogens with one attached hydrogen (secondary N) is 2. The molecule has 0 aliphatic rings. The monoisotopic (exact) mass is 249 g/mol. The number of carbonyl (C=O) groups is 1. The van der Waals surface area contributed by atoms with Crippen LogP contribution in [0.3, 0.4) is 0 Å². The van der Waals surface area contributed by atoms with Gasteiger partial charge in [0.1, 0.15) is 17.1 Å². The van der Waals surface area contributed by atoms with Gasteiger partial charge in [-0.2, -0.15) is 5.10 Å². The number of amides is 1. The predicted molar refractivity (Wildman–Crippen MR) is 63.9 cm³/mol. The molecule has 0 spiro atoms. The van der Waals surface area contributed by atoms with Crippen LogP contribution in [0.15, 0.2) is 28.9 Å². The lowest BCUT2D eigenvalue weighted by Gasteiger charge is -2.20. The van der Waals surface area contributed by atoms with Crippen LogP contribution in [-0.4, -0.2) is 27.8 Å². The minimum absolute atomic E-state index is 0.0469. The van der Waals surface area contributed by atoms with E-state index in [-0.39, 0.29) is 12.5 Å². The van der Waals surface area contributed by atoms with Crippen LogP contribution in [0, 0.1) is 6.92 Å². The molecule has 6 nitrogen and oxygen atoms in total. The van der Waals surface area contributed by atoms with Gasteiger partial charge in [-0.3, -0.25) is 9.89 Å². The molecule has 0 saturated carbocycles. The molecule has 2 aromatic heterocycles. The first-order chi connectivity index (χ1) is 8.49. The Morgan fingerprint density at radius 2 is 2.44 bits per heavy atom. The number of hydrogen-bond acceptors (Lipinski definition) is 4. The molecule has 6 heteroatoms. The van der Waals surface area contributed by atoms with Gasteiger partial charge in [-0.15, -0.1) is 0 Å². The standard InChI is InChI=1S/C12H15N3O3/c1-8-6-9(15-14-8)11(16)13-7-12(2,17)10-4-3-5-18-10/h3-6,17H,7H2,1-2H3,(H,13,16)(H,14,15). The van der Waals surface area contributed by atoms with E-state index in [0.717, 1.165) is 5.69 Å². The number of aromatic nitrogens is 2. The second kappa shape index (κ2) is 4.66. The lowest BCUT2D eigenvalue weighted by molar-refractivity contribution is 0.0329. The molecule has 2 heterocycles. The number of rotatable bonds is 4. The Labute approximate surface area is 104 Å². The fourth-order valence-corrected chi connectivity index (χ4v) is 1.55. The number of furan rings is 1. The SMILES string of the molecule is Cc1cc(C(=O)NCC(C)(O)c2ccco2)n[nH]1. The van der Waals surface area contributed by atoms with Gasteiger partial charge in [-0.1, -0.05) is 0 Å². The highest BCUT2D eigenvalue weighted by molar-refractivity contribution is 5.92. The third kappa shape index (κ3) is 2.60. The van der Waals surface area contributed by atoms with Crippen LogP contribution in [0.25, 0.3) is 0 Å². The van der Waals surface area contributed by atoms with Gasteiger partial charge in [-0.05, 0) is 32.0 Å². The average Bonchev–Trinajstić information content (AvgIpc) is 2.96. The maximum absolute atomic E-state index is 11.7. The molecule has 0 aliphatic carbocycles. The van der Waals surface area contributed by atoms with E-state index >= 15 is 0 Å². The van der Waals surface area contributed by atoms with Crippen molar-refractivity contribution in [3.63, 3.8) is 0 Å². The van der Waals surface area contributed by atoms with Crippen molar-refractivity contribution in [3.05, 3.63) is 41.6 Å². The van der Waals surface area contributed by atoms with Gasteiger partial charge < -0.3 is 14.8 Å². The molecular weight excluding hydrogens is 234 g/mol. The summed E-state index contributed by atoms with van der Waals surface area (Å²) in [5.41, 5.74) is -0.148. The summed E-state index contributed by atoms with van der Waals surface area (Å²) >= 11 is 0. The fraction of sp³-hybridized carbons (Fsp3) is 0.333. The van der Waals surface area contributed by atoms with E-state index in [1.54, 1.807) is 25.1 Å². The normalized spacial score (nSPS) is 14.2. The highest BCUT2D eigenvalue weighted by Crippen LogP contribution is 2.19. The lowest BCUT2D eigenvalue weighted by atomic mass is 10.0. The zero-order chi connectivity index (χ0) is 13.2. The molecule has 96 valence electrons. The van der Waals surface area contributed by atoms with Gasteiger partial charge in [0.2, 0.25) is 0 Å². The van der Waals surface area contributed by atoms with Crippen LogP contribution in [0.2, 0.25) is 0 Å². The third-order valence-corrected chi connectivity index (χ3v) is 2.58. The number of hydrogen-bond donors (Lipinski definition) is 3. The highest BCUT2D eigenvalue weighted by Gasteiger charge is 2.27. The van der Waals surface area contributed by atoms with Crippen molar-refractivity contribution in [1.82, 2.24) is 15.5 Å². The first-order valence-electron chi connectivity index (χ1n) is 5.55. The van der Waals surface area contributed by atoms with Gasteiger partial charge in [0.15, 0.2) is 0 Å². The minimum atomic E-state index is -1.25. The average molecular weight is 249 g/mol. The molecule has 1 atom stereocenters. The highest BCUT2D eigenvalue weighted by atomic mass is 16.4. The summed E-state index contributed by atoms with van der Waals surface area (Å²) in [7, 11) is 0.